The normalized spacial score (nSPS) is 14.3. The van der Waals surface area contributed by atoms with E-state index < -0.39 is 0 Å². The lowest BCUT2D eigenvalue weighted by atomic mass is 10.2. The predicted molar refractivity (Wildman–Crippen MR) is 97.3 cm³/mol. The van der Waals surface area contributed by atoms with Crippen LogP contribution >= 0.6 is 0 Å². The molecule has 1 saturated carbocycles. The molecule has 0 aliphatic heterocycles. The number of fused-ring (bicyclic) bond motifs is 1. The molecule has 5 nitrogen and oxygen atoms in total. The summed E-state index contributed by atoms with van der Waals surface area (Å²) in [5.74, 6) is 1.03. The fourth-order valence-corrected chi connectivity index (χ4v) is 3.40. The molecular formula is C20H19N5. The van der Waals surface area contributed by atoms with Crippen LogP contribution in [0.5, 0.6) is 0 Å². The first-order valence-electron chi connectivity index (χ1n) is 8.66. The predicted octanol–water partition coefficient (Wildman–Crippen LogP) is 3.99. The van der Waals surface area contributed by atoms with Crippen LogP contribution in [0.25, 0.3) is 22.4 Å². The molecule has 0 amide bonds. The topological polar surface area (TPSA) is 48.5 Å². The van der Waals surface area contributed by atoms with Crippen molar-refractivity contribution in [3.63, 3.8) is 0 Å². The van der Waals surface area contributed by atoms with Crippen molar-refractivity contribution in [1.82, 2.24) is 24.1 Å². The third-order valence-electron chi connectivity index (χ3n) is 4.73. The number of hydrogen-bond donors (Lipinski definition) is 0. The molecule has 25 heavy (non-hydrogen) atoms. The van der Waals surface area contributed by atoms with Crippen molar-refractivity contribution in [1.29, 1.82) is 0 Å². The molecule has 0 atom stereocenters. The Labute approximate surface area is 146 Å². The third-order valence-corrected chi connectivity index (χ3v) is 4.73. The Kier molecular flexibility index (Phi) is 3.20. The fourth-order valence-electron chi connectivity index (χ4n) is 3.40. The molecule has 5 heteroatoms. The van der Waals surface area contributed by atoms with E-state index in [1.165, 1.54) is 23.9 Å². The molecule has 0 radical (unpaired) electrons. The van der Waals surface area contributed by atoms with Crippen molar-refractivity contribution in [2.75, 3.05) is 0 Å². The van der Waals surface area contributed by atoms with Crippen molar-refractivity contribution in [3.8, 4) is 11.4 Å². The van der Waals surface area contributed by atoms with Crippen molar-refractivity contribution >= 4 is 11.0 Å². The molecule has 1 fully saturated rings. The van der Waals surface area contributed by atoms with E-state index in [0.29, 0.717) is 6.04 Å². The van der Waals surface area contributed by atoms with Gasteiger partial charge in [-0.3, -0.25) is 4.98 Å². The van der Waals surface area contributed by atoms with Crippen LogP contribution in [0.2, 0.25) is 0 Å². The lowest BCUT2D eigenvalue weighted by molar-refractivity contribution is 0.771. The Morgan fingerprint density at radius 1 is 1.12 bits per heavy atom. The summed E-state index contributed by atoms with van der Waals surface area (Å²) in [6.45, 7) is 2.90. The van der Waals surface area contributed by atoms with Gasteiger partial charge in [-0.05, 0) is 49.1 Å². The maximum absolute atomic E-state index is 4.93. The third kappa shape index (κ3) is 2.61. The van der Waals surface area contributed by atoms with Crippen LogP contribution in [0.1, 0.15) is 30.0 Å². The molecule has 0 saturated heterocycles. The minimum atomic E-state index is 0.569. The molecule has 4 aromatic rings. The van der Waals surface area contributed by atoms with Crippen molar-refractivity contribution in [2.45, 2.75) is 32.4 Å². The highest BCUT2D eigenvalue weighted by molar-refractivity contribution is 5.81. The fraction of sp³-hybridized carbons (Fsp3) is 0.250. The molecule has 0 bridgehead atoms. The zero-order valence-corrected chi connectivity index (χ0v) is 14.1. The second-order valence-electron chi connectivity index (χ2n) is 6.85. The smallest absolute Gasteiger partial charge is 0.142 e. The quantitative estimate of drug-likeness (QED) is 0.569. The summed E-state index contributed by atoms with van der Waals surface area (Å²) in [7, 11) is 0. The lowest BCUT2D eigenvalue weighted by Gasteiger charge is -2.09. The zero-order valence-electron chi connectivity index (χ0n) is 14.1. The highest BCUT2D eigenvalue weighted by Crippen LogP contribution is 2.41. The Hall–Kier alpha value is -2.95. The van der Waals surface area contributed by atoms with Gasteiger partial charge in [-0.2, -0.15) is 0 Å². The summed E-state index contributed by atoms with van der Waals surface area (Å²) in [6.07, 6.45) is 11.9. The van der Waals surface area contributed by atoms with Gasteiger partial charge in [0.05, 0.1) is 23.9 Å². The van der Waals surface area contributed by atoms with Gasteiger partial charge in [-0.1, -0.05) is 6.07 Å². The summed E-state index contributed by atoms with van der Waals surface area (Å²) in [6, 6.07) is 9.26. The zero-order chi connectivity index (χ0) is 16.8. The summed E-state index contributed by atoms with van der Waals surface area (Å²) >= 11 is 0. The van der Waals surface area contributed by atoms with Crippen LogP contribution < -0.4 is 0 Å². The van der Waals surface area contributed by atoms with Crippen LogP contribution in [0.15, 0.2) is 55.4 Å². The van der Waals surface area contributed by atoms with Crippen molar-refractivity contribution in [2.24, 2.45) is 0 Å². The average Bonchev–Trinajstić information content (AvgIpc) is 3.19. The molecule has 3 aromatic heterocycles. The van der Waals surface area contributed by atoms with E-state index in [9.17, 15) is 0 Å². The molecule has 0 unspecified atom stereocenters. The Morgan fingerprint density at radius 2 is 2.04 bits per heavy atom. The molecule has 1 aliphatic carbocycles. The van der Waals surface area contributed by atoms with E-state index in [4.69, 9.17) is 4.98 Å². The maximum atomic E-state index is 4.93. The largest absolute Gasteiger partial charge is 0.333 e. The molecule has 5 rings (SSSR count). The van der Waals surface area contributed by atoms with Gasteiger partial charge >= 0.3 is 0 Å². The molecular weight excluding hydrogens is 310 g/mol. The van der Waals surface area contributed by atoms with Gasteiger partial charge in [0.2, 0.25) is 0 Å². The molecule has 124 valence electrons. The first-order valence-corrected chi connectivity index (χ1v) is 8.66. The van der Waals surface area contributed by atoms with E-state index in [2.05, 4.69) is 45.7 Å². The van der Waals surface area contributed by atoms with Gasteiger partial charge in [-0.15, -0.1) is 0 Å². The van der Waals surface area contributed by atoms with Gasteiger partial charge in [0, 0.05) is 36.4 Å². The van der Waals surface area contributed by atoms with Crippen LogP contribution in [0, 0.1) is 6.92 Å². The van der Waals surface area contributed by atoms with Crippen molar-refractivity contribution in [3.05, 3.63) is 66.5 Å². The minimum Gasteiger partial charge on any atom is -0.333 e. The molecule has 0 N–H and O–H groups in total. The van der Waals surface area contributed by atoms with E-state index in [-0.39, 0.29) is 0 Å². The Balaban J connectivity index is 1.62. The van der Waals surface area contributed by atoms with Crippen LogP contribution in [-0.4, -0.2) is 24.1 Å². The van der Waals surface area contributed by atoms with Crippen LogP contribution in [0.3, 0.4) is 0 Å². The number of hydrogen-bond acceptors (Lipinski definition) is 3. The summed E-state index contributed by atoms with van der Waals surface area (Å²) < 4.78 is 4.45. The highest BCUT2D eigenvalue weighted by Gasteiger charge is 2.28. The molecule has 1 aliphatic rings. The number of aryl methyl sites for hydroxylation is 1. The SMILES string of the molecule is Cc1ccc2nc(-c3cncc(Cn4ccnc4)c3)n(C3CC3)c2c1. The van der Waals surface area contributed by atoms with E-state index in [0.717, 1.165) is 29.0 Å². The number of nitrogens with zero attached hydrogens (tertiary/aromatic N) is 5. The first kappa shape index (κ1) is 14.4. The van der Waals surface area contributed by atoms with Gasteiger partial charge in [0.25, 0.3) is 0 Å². The number of imidazole rings is 2. The second-order valence-corrected chi connectivity index (χ2v) is 6.85. The number of rotatable bonds is 4. The van der Waals surface area contributed by atoms with Gasteiger partial charge in [-0.25, -0.2) is 9.97 Å². The van der Waals surface area contributed by atoms with E-state index >= 15 is 0 Å². The van der Waals surface area contributed by atoms with Crippen LogP contribution in [-0.2, 0) is 6.54 Å². The van der Waals surface area contributed by atoms with Gasteiger partial charge in [0.1, 0.15) is 5.82 Å². The van der Waals surface area contributed by atoms with Gasteiger partial charge in [0.15, 0.2) is 0 Å². The van der Waals surface area contributed by atoms with E-state index in [1.807, 2.05) is 29.5 Å². The lowest BCUT2D eigenvalue weighted by Crippen LogP contribution is -2.01. The van der Waals surface area contributed by atoms with Gasteiger partial charge < -0.3 is 9.13 Å². The minimum absolute atomic E-state index is 0.569. The first-order chi connectivity index (χ1) is 12.3. The summed E-state index contributed by atoms with van der Waals surface area (Å²) in [5.41, 5.74) is 5.80. The van der Waals surface area contributed by atoms with Crippen molar-refractivity contribution < 1.29 is 0 Å². The Morgan fingerprint density at radius 3 is 2.84 bits per heavy atom. The molecule has 3 heterocycles. The Bertz CT molecular complexity index is 1040. The number of aromatic nitrogens is 5. The monoisotopic (exact) mass is 329 g/mol. The number of pyridine rings is 1. The highest BCUT2D eigenvalue weighted by atomic mass is 15.1. The molecule has 1 aromatic carbocycles. The average molecular weight is 329 g/mol. The van der Waals surface area contributed by atoms with E-state index in [1.54, 1.807) is 6.20 Å². The second kappa shape index (κ2) is 5.55. The summed E-state index contributed by atoms with van der Waals surface area (Å²) in [4.78, 5) is 13.5. The maximum Gasteiger partial charge on any atom is 0.142 e. The standard InChI is InChI=1S/C20H19N5/c1-14-2-5-18-19(8-14)25(17-3-4-17)20(23-18)16-9-15(10-22-11-16)12-24-7-6-21-13-24/h2,5-11,13,17H,3-4,12H2,1H3. The molecule has 0 spiro atoms. The van der Waals surface area contributed by atoms with Crippen LogP contribution in [0.4, 0.5) is 0 Å². The number of benzene rings is 1. The summed E-state index contributed by atoms with van der Waals surface area (Å²) in [5, 5.41) is 0.